The molecule has 0 saturated carbocycles. The number of halogens is 1. The highest BCUT2D eigenvalue weighted by molar-refractivity contribution is 7.99. The van der Waals surface area contributed by atoms with Crippen molar-refractivity contribution in [1.29, 1.82) is 0 Å². The molecule has 2 aromatic carbocycles. The van der Waals surface area contributed by atoms with Gasteiger partial charge < -0.3 is 5.32 Å². The van der Waals surface area contributed by atoms with Gasteiger partial charge in [0.05, 0.1) is 27.4 Å². The molecule has 0 radical (unpaired) electrons. The normalized spacial score (nSPS) is 11.3. The van der Waals surface area contributed by atoms with Gasteiger partial charge in [0.1, 0.15) is 0 Å². The zero-order valence-corrected chi connectivity index (χ0v) is 17.9. The molecule has 154 valence electrons. The van der Waals surface area contributed by atoms with Gasteiger partial charge in [-0.25, -0.2) is 0 Å². The van der Waals surface area contributed by atoms with E-state index in [2.05, 4.69) is 22.4 Å². The third-order valence-electron chi connectivity index (χ3n) is 4.69. The van der Waals surface area contributed by atoms with Crippen molar-refractivity contribution in [3.63, 3.8) is 0 Å². The molecule has 0 aliphatic heterocycles. The number of benzene rings is 2. The maximum atomic E-state index is 13.0. The van der Waals surface area contributed by atoms with E-state index in [-0.39, 0.29) is 17.2 Å². The fourth-order valence-corrected chi connectivity index (χ4v) is 4.15. The van der Waals surface area contributed by atoms with E-state index < -0.39 is 0 Å². The molecule has 4 rings (SSSR count). The van der Waals surface area contributed by atoms with Gasteiger partial charge in [-0.3, -0.25) is 18.6 Å². The number of thioether (sulfide) groups is 1. The first-order valence-electron chi connectivity index (χ1n) is 9.64. The summed E-state index contributed by atoms with van der Waals surface area (Å²) in [4.78, 5) is 25.4. The summed E-state index contributed by atoms with van der Waals surface area (Å²) in [7, 11) is 0. The first kappa shape index (κ1) is 20.4. The fourth-order valence-electron chi connectivity index (χ4n) is 3.22. The molecule has 2 heterocycles. The standard InChI is InChI=1S/C21H20ClN5O2S/c1-2-3-12-26-19(29)14-8-4-7-11-17(14)27-20(26)24-25-21(27)30-13-18(28)23-16-10-6-5-9-15(16)22/h4-11H,2-3,12-13H2,1H3,(H,23,28). The van der Waals surface area contributed by atoms with Crippen LogP contribution in [-0.2, 0) is 11.3 Å². The molecule has 7 nitrogen and oxygen atoms in total. The lowest BCUT2D eigenvalue weighted by atomic mass is 10.2. The van der Waals surface area contributed by atoms with E-state index in [9.17, 15) is 9.59 Å². The zero-order chi connectivity index (χ0) is 21.1. The molecule has 0 saturated heterocycles. The minimum atomic E-state index is -0.200. The van der Waals surface area contributed by atoms with E-state index >= 15 is 0 Å². The largest absolute Gasteiger partial charge is 0.324 e. The second-order valence-electron chi connectivity index (χ2n) is 6.76. The number of nitrogens with one attached hydrogen (secondary N) is 1. The van der Waals surface area contributed by atoms with Gasteiger partial charge in [0, 0.05) is 6.54 Å². The lowest BCUT2D eigenvalue weighted by molar-refractivity contribution is -0.113. The lowest BCUT2D eigenvalue weighted by Gasteiger charge is -2.11. The van der Waals surface area contributed by atoms with Gasteiger partial charge in [-0.15, -0.1) is 10.2 Å². The average Bonchev–Trinajstić information content (AvgIpc) is 3.18. The van der Waals surface area contributed by atoms with Crippen LogP contribution >= 0.6 is 23.4 Å². The summed E-state index contributed by atoms with van der Waals surface area (Å²) in [6.07, 6.45) is 1.83. The monoisotopic (exact) mass is 441 g/mol. The molecule has 0 aliphatic rings. The molecule has 0 aliphatic carbocycles. The van der Waals surface area contributed by atoms with Crippen LogP contribution in [0.1, 0.15) is 19.8 Å². The third kappa shape index (κ3) is 3.93. The van der Waals surface area contributed by atoms with Crippen LogP contribution in [0, 0.1) is 0 Å². The Morgan fingerprint density at radius 3 is 2.70 bits per heavy atom. The summed E-state index contributed by atoms with van der Waals surface area (Å²) in [5.74, 6) is 0.420. The van der Waals surface area contributed by atoms with Crippen molar-refractivity contribution in [2.75, 3.05) is 11.1 Å². The Kier molecular flexibility index (Phi) is 6.06. The van der Waals surface area contributed by atoms with Gasteiger partial charge in [-0.05, 0) is 30.7 Å². The molecule has 0 unspecified atom stereocenters. The number of carbonyl (C=O) groups is 1. The molecule has 0 fully saturated rings. The highest BCUT2D eigenvalue weighted by Crippen LogP contribution is 2.24. The van der Waals surface area contributed by atoms with Gasteiger partial charge in [0.15, 0.2) is 5.16 Å². The van der Waals surface area contributed by atoms with Gasteiger partial charge in [0.25, 0.3) is 5.56 Å². The predicted octanol–water partition coefficient (Wildman–Crippen LogP) is 4.23. The van der Waals surface area contributed by atoms with E-state index in [4.69, 9.17) is 11.6 Å². The maximum Gasteiger partial charge on any atom is 0.262 e. The van der Waals surface area contributed by atoms with Crippen LogP contribution in [0.5, 0.6) is 0 Å². The number of carbonyl (C=O) groups excluding carboxylic acids is 1. The molecule has 0 atom stereocenters. The minimum Gasteiger partial charge on any atom is -0.324 e. The Hall–Kier alpha value is -2.84. The first-order chi connectivity index (χ1) is 14.6. The van der Waals surface area contributed by atoms with Crippen molar-refractivity contribution < 1.29 is 4.79 Å². The van der Waals surface area contributed by atoms with Gasteiger partial charge in [0.2, 0.25) is 11.7 Å². The number of unbranched alkanes of at least 4 members (excludes halogenated alkanes) is 1. The van der Waals surface area contributed by atoms with Crippen molar-refractivity contribution in [2.45, 2.75) is 31.5 Å². The number of aromatic nitrogens is 4. The number of anilines is 1. The lowest BCUT2D eigenvalue weighted by Crippen LogP contribution is -2.23. The van der Waals surface area contributed by atoms with Crippen LogP contribution in [0.2, 0.25) is 5.02 Å². The van der Waals surface area contributed by atoms with Gasteiger partial charge in [-0.1, -0.05) is 61.0 Å². The number of amides is 1. The number of para-hydroxylation sites is 2. The number of fused-ring (bicyclic) bond motifs is 3. The van der Waals surface area contributed by atoms with E-state index in [0.29, 0.717) is 33.6 Å². The smallest absolute Gasteiger partial charge is 0.262 e. The van der Waals surface area contributed by atoms with Crippen molar-refractivity contribution in [3.8, 4) is 0 Å². The number of hydrogen-bond donors (Lipinski definition) is 1. The van der Waals surface area contributed by atoms with Crippen LogP contribution in [-0.4, -0.2) is 30.8 Å². The Morgan fingerprint density at radius 1 is 1.13 bits per heavy atom. The first-order valence-corrected chi connectivity index (χ1v) is 11.0. The molecule has 0 bridgehead atoms. The Labute approximate surface area is 182 Å². The topological polar surface area (TPSA) is 81.3 Å². The number of aryl methyl sites for hydroxylation is 1. The van der Waals surface area contributed by atoms with Crippen LogP contribution in [0.25, 0.3) is 16.7 Å². The van der Waals surface area contributed by atoms with E-state index in [0.717, 1.165) is 18.4 Å². The van der Waals surface area contributed by atoms with Crippen molar-refractivity contribution >= 4 is 51.6 Å². The molecule has 1 N–H and O–H groups in total. The van der Waals surface area contributed by atoms with Crippen molar-refractivity contribution in [1.82, 2.24) is 19.2 Å². The zero-order valence-electron chi connectivity index (χ0n) is 16.3. The molecule has 1 amide bonds. The fraction of sp³-hybridized carbons (Fsp3) is 0.238. The second kappa shape index (κ2) is 8.89. The van der Waals surface area contributed by atoms with Crippen LogP contribution in [0.3, 0.4) is 0 Å². The van der Waals surface area contributed by atoms with E-state index in [1.165, 1.54) is 11.8 Å². The molecule has 4 aromatic rings. The molecular weight excluding hydrogens is 422 g/mol. The van der Waals surface area contributed by atoms with Crippen LogP contribution in [0.4, 0.5) is 5.69 Å². The highest BCUT2D eigenvalue weighted by Gasteiger charge is 2.17. The summed E-state index contributed by atoms with van der Waals surface area (Å²) >= 11 is 7.37. The number of hydrogen-bond acceptors (Lipinski definition) is 5. The van der Waals surface area contributed by atoms with Gasteiger partial charge >= 0.3 is 0 Å². The van der Waals surface area contributed by atoms with Gasteiger partial charge in [-0.2, -0.15) is 0 Å². The summed E-state index contributed by atoms with van der Waals surface area (Å²) in [6.45, 7) is 2.64. The summed E-state index contributed by atoms with van der Waals surface area (Å²) in [5.41, 5.74) is 1.21. The Balaban J connectivity index is 1.67. The predicted molar refractivity (Wildman–Crippen MR) is 120 cm³/mol. The molecule has 30 heavy (non-hydrogen) atoms. The maximum absolute atomic E-state index is 13.0. The quantitative estimate of drug-likeness (QED) is 0.434. The molecule has 2 aromatic heterocycles. The summed E-state index contributed by atoms with van der Waals surface area (Å²) in [6, 6.07) is 14.5. The summed E-state index contributed by atoms with van der Waals surface area (Å²) < 4.78 is 3.51. The molecule has 0 spiro atoms. The Morgan fingerprint density at radius 2 is 1.90 bits per heavy atom. The van der Waals surface area contributed by atoms with E-state index in [1.807, 2.05) is 28.7 Å². The number of rotatable bonds is 7. The Bertz CT molecular complexity index is 1280. The minimum absolute atomic E-state index is 0.0769. The third-order valence-corrected chi connectivity index (χ3v) is 5.95. The van der Waals surface area contributed by atoms with Crippen molar-refractivity contribution in [2.24, 2.45) is 0 Å². The molecular formula is C21H20ClN5O2S. The average molecular weight is 442 g/mol. The SMILES string of the molecule is CCCCn1c(=O)c2ccccc2n2c(SCC(=O)Nc3ccccc3Cl)nnc12. The van der Waals surface area contributed by atoms with Crippen LogP contribution < -0.4 is 10.9 Å². The number of nitrogens with zero attached hydrogens (tertiary/aromatic N) is 4. The highest BCUT2D eigenvalue weighted by atomic mass is 35.5. The van der Waals surface area contributed by atoms with Crippen LogP contribution in [0.15, 0.2) is 58.5 Å². The van der Waals surface area contributed by atoms with Crippen molar-refractivity contribution in [3.05, 3.63) is 63.9 Å². The molecule has 9 heteroatoms. The van der Waals surface area contributed by atoms with E-state index in [1.54, 1.807) is 28.8 Å². The second-order valence-corrected chi connectivity index (χ2v) is 8.11. The summed E-state index contributed by atoms with van der Waals surface area (Å²) in [5, 5.41) is 13.0.